The molecule has 14 heavy (non-hydrogen) atoms. The molecule has 2 N–H and O–H groups in total. The van der Waals surface area contributed by atoms with E-state index in [0.29, 0.717) is 0 Å². The third-order valence-corrected chi connectivity index (χ3v) is 1.38. The van der Waals surface area contributed by atoms with Crippen molar-refractivity contribution < 1.29 is 19.8 Å². The van der Waals surface area contributed by atoms with Crippen molar-refractivity contribution in [3.05, 3.63) is 35.4 Å². The van der Waals surface area contributed by atoms with Crippen LogP contribution in [0.25, 0.3) is 0 Å². The molecular weight excluding hydrogens is 184 g/mol. The highest BCUT2D eigenvalue weighted by atomic mass is 16.4. The van der Waals surface area contributed by atoms with Gasteiger partial charge < -0.3 is 10.2 Å². The first-order chi connectivity index (χ1) is 6.61. The molecule has 76 valence electrons. The van der Waals surface area contributed by atoms with Gasteiger partial charge >= 0.3 is 11.9 Å². The molecule has 0 radical (unpaired) electrons. The quantitative estimate of drug-likeness (QED) is 0.759. The van der Waals surface area contributed by atoms with Gasteiger partial charge in [-0.15, -0.1) is 0 Å². The van der Waals surface area contributed by atoms with Crippen molar-refractivity contribution in [1.29, 1.82) is 0 Å². The van der Waals surface area contributed by atoms with Gasteiger partial charge in [0.2, 0.25) is 0 Å². The fourth-order valence-corrected chi connectivity index (χ4v) is 0.755. The van der Waals surface area contributed by atoms with Gasteiger partial charge in [-0.1, -0.05) is 13.8 Å². The molecule has 0 saturated carbocycles. The second kappa shape index (κ2) is 5.75. The summed E-state index contributed by atoms with van der Waals surface area (Å²) in [5, 5.41) is 16.9. The zero-order valence-corrected chi connectivity index (χ0v) is 8.02. The number of carboxylic acid groups (broad SMARTS) is 2. The lowest BCUT2D eigenvalue weighted by atomic mass is 10.1. The van der Waals surface area contributed by atoms with Crippen LogP contribution in [0.3, 0.4) is 0 Å². The SMILES string of the molecule is CC.O=C(O)c1ccc(C(=O)O)cc1. The lowest BCUT2D eigenvalue weighted by molar-refractivity contribution is 0.0681. The molecule has 0 saturated heterocycles. The number of carbonyl (C=O) groups is 2. The Hall–Kier alpha value is -1.84. The summed E-state index contributed by atoms with van der Waals surface area (Å²) in [5.74, 6) is -2.13. The van der Waals surface area contributed by atoms with E-state index in [0.717, 1.165) is 0 Å². The maximum Gasteiger partial charge on any atom is 0.335 e. The first kappa shape index (κ1) is 12.2. The normalized spacial score (nSPS) is 8.43. The Morgan fingerprint density at radius 2 is 1.07 bits per heavy atom. The molecule has 0 aliphatic heterocycles. The molecule has 0 atom stereocenters. The Labute approximate surface area is 81.8 Å². The minimum atomic E-state index is -1.06. The molecule has 1 aromatic rings. The average molecular weight is 196 g/mol. The summed E-state index contributed by atoms with van der Waals surface area (Å²) in [6.07, 6.45) is 0. The molecule has 1 aromatic carbocycles. The van der Waals surface area contributed by atoms with Crippen LogP contribution >= 0.6 is 0 Å². The number of carboxylic acids is 2. The van der Waals surface area contributed by atoms with E-state index in [1.165, 1.54) is 24.3 Å². The van der Waals surface area contributed by atoms with E-state index < -0.39 is 11.9 Å². The smallest absolute Gasteiger partial charge is 0.335 e. The molecule has 0 spiro atoms. The summed E-state index contributed by atoms with van der Waals surface area (Å²) in [5.41, 5.74) is 0.167. The lowest BCUT2D eigenvalue weighted by Crippen LogP contribution is -1.99. The largest absolute Gasteiger partial charge is 0.478 e. The second-order valence-electron chi connectivity index (χ2n) is 2.19. The van der Waals surface area contributed by atoms with Crippen LogP contribution in [0.1, 0.15) is 34.6 Å². The fourth-order valence-electron chi connectivity index (χ4n) is 0.755. The lowest BCUT2D eigenvalue weighted by Gasteiger charge is -1.94. The number of aromatic carboxylic acids is 2. The van der Waals surface area contributed by atoms with E-state index in [9.17, 15) is 9.59 Å². The molecule has 0 amide bonds. The Kier molecular flexibility index (Phi) is 4.99. The highest BCUT2D eigenvalue weighted by Gasteiger charge is 2.04. The number of benzene rings is 1. The van der Waals surface area contributed by atoms with Gasteiger partial charge in [-0.2, -0.15) is 0 Å². The Balaban J connectivity index is 0.000000791. The van der Waals surface area contributed by atoms with Crippen LogP contribution < -0.4 is 0 Å². The van der Waals surface area contributed by atoms with Crippen molar-refractivity contribution in [2.75, 3.05) is 0 Å². The average Bonchev–Trinajstić information content (AvgIpc) is 2.21. The van der Waals surface area contributed by atoms with Gasteiger partial charge in [-0.3, -0.25) is 0 Å². The predicted octanol–water partition coefficient (Wildman–Crippen LogP) is 2.11. The highest BCUT2D eigenvalue weighted by molar-refractivity contribution is 5.91. The van der Waals surface area contributed by atoms with Crippen LogP contribution in [0.5, 0.6) is 0 Å². The molecule has 0 fully saturated rings. The molecule has 1 rings (SSSR count). The van der Waals surface area contributed by atoms with Gasteiger partial charge in [0.05, 0.1) is 11.1 Å². The van der Waals surface area contributed by atoms with Crippen LogP contribution in [0.2, 0.25) is 0 Å². The summed E-state index contributed by atoms with van der Waals surface area (Å²) in [6.45, 7) is 4.00. The van der Waals surface area contributed by atoms with E-state index >= 15 is 0 Å². The minimum Gasteiger partial charge on any atom is -0.478 e. The second-order valence-corrected chi connectivity index (χ2v) is 2.19. The fraction of sp³-hybridized carbons (Fsp3) is 0.200. The monoisotopic (exact) mass is 196 g/mol. The minimum absolute atomic E-state index is 0.0833. The van der Waals surface area contributed by atoms with Crippen molar-refractivity contribution >= 4 is 11.9 Å². The molecule has 4 heteroatoms. The van der Waals surface area contributed by atoms with Gasteiger partial charge in [0, 0.05) is 0 Å². The molecule has 0 aliphatic rings. The van der Waals surface area contributed by atoms with Crippen LogP contribution in [0.15, 0.2) is 24.3 Å². The van der Waals surface area contributed by atoms with Crippen molar-refractivity contribution in [2.24, 2.45) is 0 Å². The van der Waals surface area contributed by atoms with Crippen molar-refractivity contribution in [3.8, 4) is 0 Å². The van der Waals surface area contributed by atoms with E-state index in [4.69, 9.17) is 10.2 Å². The van der Waals surface area contributed by atoms with Gasteiger partial charge in [-0.05, 0) is 24.3 Å². The van der Waals surface area contributed by atoms with Gasteiger partial charge in [0.1, 0.15) is 0 Å². The van der Waals surface area contributed by atoms with Crippen LogP contribution in [-0.2, 0) is 0 Å². The summed E-state index contributed by atoms with van der Waals surface area (Å²) < 4.78 is 0. The van der Waals surface area contributed by atoms with Crippen LogP contribution in [-0.4, -0.2) is 22.2 Å². The first-order valence-electron chi connectivity index (χ1n) is 4.18. The van der Waals surface area contributed by atoms with E-state index in [1.54, 1.807) is 0 Å². The molecule has 0 aliphatic carbocycles. The van der Waals surface area contributed by atoms with E-state index in [1.807, 2.05) is 13.8 Å². The number of hydrogen-bond donors (Lipinski definition) is 2. The topological polar surface area (TPSA) is 74.6 Å². The Morgan fingerprint density at radius 1 is 0.857 bits per heavy atom. The molecule has 0 unspecified atom stereocenters. The van der Waals surface area contributed by atoms with Gasteiger partial charge in [-0.25, -0.2) is 9.59 Å². The Morgan fingerprint density at radius 3 is 1.21 bits per heavy atom. The first-order valence-corrected chi connectivity index (χ1v) is 4.18. The predicted molar refractivity (Wildman–Crippen MR) is 51.7 cm³/mol. The summed E-state index contributed by atoms with van der Waals surface area (Å²) in [4.78, 5) is 20.7. The molecule has 0 heterocycles. The third-order valence-electron chi connectivity index (χ3n) is 1.38. The Bertz CT molecular complexity index is 280. The summed E-state index contributed by atoms with van der Waals surface area (Å²) in [6, 6.07) is 5.02. The molecule has 0 aromatic heterocycles. The highest BCUT2D eigenvalue weighted by Crippen LogP contribution is 2.03. The maximum atomic E-state index is 10.3. The van der Waals surface area contributed by atoms with E-state index in [-0.39, 0.29) is 11.1 Å². The van der Waals surface area contributed by atoms with Crippen LogP contribution in [0, 0.1) is 0 Å². The standard InChI is InChI=1S/C8H6O4.C2H6/c9-7(10)5-1-2-6(4-3-5)8(11)12;1-2/h1-4H,(H,9,10)(H,11,12);1-2H3. The zero-order chi connectivity index (χ0) is 11.1. The number of hydrogen-bond acceptors (Lipinski definition) is 2. The third kappa shape index (κ3) is 3.26. The van der Waals surface area contributed by atoms with Crippen LogP contribution in [0.4, 0.5) is 0 Å². The van der Waals surface area contributed by atoms with Crippen molar-refractivity contribution in [2.45, 2.75) is 13.8 Å². The zero-order valence-electron chi connectivity index (χ0n) is 8.02. The number of rotatable bonds is 2. The van der Waals surface area contributed by atoms with Crippen molar-refractivity contribution in [1.82, 2.24) is 0 Å². The molecule has 0 bridgehead atoms. The summed E-state index contributed by atoms with van der Waals surface area (Å²) in [7, 11) is 0. The van der Waals surface area contributed by atoms with E-state index in [2.05, 4.69) is 0 Å². The van der Waals surface area contributed by atoms with Gasteiger partial charge in [0.15, 0.2) is 0 Å². The molecular formula is C10H12O4. The van der Waals surface area contributed by atoms with Gasteiger partial charge in [0.25, 0.3) is 0 Å². The maximum absolute atomic E-state index is 10.3. The molecule has 4 nitrogen and oxygen atoms in total. The summed E-state index contributed by atoms with van der Waals surface area (Å²) >= 11 is 0. The van der Waals surface area contributed by atoms with Crippen molar-refractivity contribution in [3.63, 3.8) is 0 Å².